The number of furan rings is 1. The van der Waals surface area contributed by atoms with Crippen molar-refractivity contribution in [3.05, 3.63) is 176 Å². The summed E-state index contributed by atoms with van der Waals surface area (Å²) in [5.74, 6) is 0. The van der Waals surface area contributed by atoms with Gasteiger partial charge in [0.05, 0.1) is 33.4 Å². The second kappa shape index (κ2) is 11.1. The molecule has 0 N–H and O–H groups in total. The first-order chi connectivity index (χ1) is 26.8. The van der Waals surface area contributed by atoms with Crippen LogP contribution in [0, 0.1) is 0 Å². The van der Waals surface area contributed by atoms with Gasteiger partial charge in [-0.05, 0) is 75.5 Å². The molecule has 54 heavy (non-hydrogen) atoms. The van der Waals surface area contributed by atoms with E-state index in [0.717, 1.165) is 71.9 Å². The summed E-state index contributed by atoms with van der Waals surface area (Å²) in [7, 11) is 0. The second-order valence-corrected chi connectivity index (χ2v) is 14.1. The summed E-state index contributed by atoms with van der Waals surface area (Å²) >= 11 is 0. The third kappa shape index (κ3) is 4.08. The molecule has 0 saturated heterocycles. The van der Waals surface area contributed by atoms with Gasteiger partial charge >= 0.3 is 0 Å². The van der Waals surface area contributed by atoms with Gasteiger partial charge in [0, 0.05) is 38.1 Å². The van der Waals surface area contributed by atoms with Crippen LogP contribution in [-0.2, 0) is 0 Å². The third-order valence-electron chi connectivity index (χ3n) is 11.2. The van der Waals surface area contributed by atoms with Crippen LogP contribution in [0.1, 0.15) is 0 Å². The monoisotopic (exact) mass is 687 g/mol. The molecule has 4 nitrogen and oxygen atoms in total. The molecule has 0 unspecified atom stereocenters. The van der Waals surface area contributed by atoms with Gasteiger partial charge in [0.15, 0.2) is 0 Å². The van der Waals surface area contributed by atoms with Gasteiger partial charge in [-0.2, -0.15) is 0 Å². The smallest absolute Gasteiger partial charge is 0.144 e. The molecule has 0 fully saturated rings. The Kier molecular flexibility index (Phi) is 6.02. The average Bonchev–Trinajstić information content (AvgIpc) is 3.79. The zero-order chi connectivity index (χ0) is 35.3. The van der Waals surface area contributed by atoms with E-state index in [4.69, 9.17) is 14.4 Å². The van der Waals surface area contributed by atoms with Crippen molar-refractivity contribution in [1.82, 2.24) is 14.5 Å². The average molecular weight is 688 g/mol. The maximum atomic E-state index is 6.57. The van der Waals surface area contributed by atoms with Crippen LogP contribution in [0.25, 0.3) is 115 Å². The highest BCUT2D eigenvalue weighted by Crippen LogP contribution is 2.45. The molecule has 0 bridgehead atoms. The third-order valence-corrected chi connectivity index (χ3v) is 11.2. The van der Waals surface area contributed by atoms with E-state index in [1.54, 1.807) is 0 Å². The lowest BCUT2D eigenvalue weighted by atomic mass is 9.96. The number of aromatic nitrogens is 3. The number of fused-ring (bicyclic) bond motifs is 12. The van der Waals surface area contributed by atoms with E-state index < -0.39 is 0 Å². The van der Waals surface area contributed by atoms with Crippen LogP contribution in [0.15, 0.2) is 180 Å². The van der Waals surface area contributed by atoms with E-state index in [9.17, 15) is 0 Å². The lowest BCUT2D eigenvalue weighted by Gasteiger charge is -2.17. The number of nitrogens with zero attached hydrogens (tertiary/aromatic N) is 3. The molecule has 12 rings (SSSR count). The number of benzene rings is 9. The Morgan fingerprint density at radius 3 is 1.59 bits per heavy atom. The fraction of sp³-hybridized carbons (Fsp3) is 0. The molecule has 0 saturated carbocycles. The molecular weight excluding hydrogens is 659 g/mol. The van der Waals surface area contributed by atoms with Crippen LogP contribution in [0.2, 0.25) is 0 Å². The quantitative estimate of drug-likeness (QED) is 0.186. The SMILES string of the molecule is c1ccc2c(c1)ccc1c2c2c3ccccc3ccc2n1-c1ccc(-c2nc3ccccc3nc2-c2cccc3c2oc2ccccc23)c2ccccc12. The zero-order valence-electron chi connectivity index (χ0n) is 29.0. The predicted octanol–water partition coefficient (Wildman–Crippen LogP) is 13.4. The summed E-state index contributed by atoms with van der Waals surface area (Å²) in [6, 6.07) is 62.4. The first-order valence-corrected chi connectivity index (χ1v) is 18.3. The Balaban J connectivity index is 1.17. The molecule has 3 aromatic heterocycles. The molecule has 0 radical (unpaired) electrons. The number of para-hydroxylation sites is 4. The van der Waals surface area contributed by atoms with Gasteiger partial charge in [-0.25, -0.2) is 9.97 Å². The summed E-state index contributed by atoms with van der Waals surface area (Å²) < 4.78 is 9.02. The first-order valence-electron chi connectivity index (χ1n) is 18.3. The molecule has 0 aliphatic rings. The lowest BCUT2D eigenvalue weighted by Crippen LogP contribution is -1.99. The molecule has 0 atom stereocenters. The van der Waals surface area contributed by atoms with Crippen molar-refractivity contribution in [2.75, 3.05) is 0 Å². The first kappa shape index (κ1) is 29.3. The molecular formula is C50H29N3O. The fourth-order valence-electron chi connectivity index (χ4n) is 8.80. The Hall–Kier alpha value is -7.30. The van der Waals surface area contributed by atoms with Crippen molar-refractivity contribution in [2.45, 2.75) is 0 Å². The van der Waals surface area contributed by atoms with Crippen LogP contribution < -0.4 is 0 Å². The molecule has 4 heteroatoms. The predicted molar refractivity (Wildman–Crippen MR) is 225 cm³/mol. The van der Waals surface area contributed by atoms with E-state index in [2.05, 4.69) is 144 Å². The van der Waals surface area contributed by atoms with Gasteiger partial charge in [-0.15, -0.1) is 0 Å². The van der Waals surface area contributed by atoms with E-state index in [1.165, 1.54) is 43.4 Å². The minimum atomic E-state index is 0.797. The van der Waals surface area contributed by atoms with Crippen molar-refractivity contribution < 1.29 is 4.42 Å². The number of hydrogen-bond acceptors (Lipinski definition) is 3. The van der Waals surface area contributed by atoms with Crippen molar-refractivity contribution in [1.29, 1.82) is 0 Å². The molecule has 3 heterocycles. The highest BCUT2D eigenvalue weighted by Gasteiger charge is 2.23. The van der Waals surface area contributed by atoms with Crippen molar-refractivity contribution in [2.24, 2.45) is 0 Å². The maximum Gasteiger partial charge on any atom is 0.144 e. The topological polar surface area (TPSA) is 43.9 Å². The summed E-state index contributed by atoms with van der Waals surface area (Å²) in [4.78, 5) is 10.7. The number of hydrogen-bond donors (Lipinski definition) is 0. The molecule has 9 aromatic carbocycles. The lowest BCUT2D eigenvalue weighted by molar-refractivity contribution is 0.670. The minimum Gasteiger partial charge on any atom is -0.455 e. The Bertz CT molecular complexity index is 3420. The van der Waals surface area contributed by atoms with Gasteiger partial charge in [0.25, 0.3) is 0 Å². The van der Waals surface area contributed by atoms with Crippen LogP contribution in [0.3, 0.4) is 0 Å². The van der Waals surface area contributed by atoms with Gasteiger partial charge in [-0.3, -0.25) is 0 Å². The minimum absolute atomic E-state index is 0.797. The maximum absolute atomic E-state index is 6.57. The molecule has 250 valence electrons. The Morgan fingerprint density at radius 2 is 0.907 bits per heavy atom. The van der Waals surface area contributed by atoms with E-state index in [-0.39, 0.29) is 0 Å². The van der Waals surface area contributed by atoms with E-state index in [1.807, 2.05) is 36.4 Å². The normalized spacial score (nSPS) is 12.1. The Labute approximate surface area is 309 Å². The molecule has 0 aliphatic carbocycles. The van der Waals surface area contributed by atoms with Gasteiger partial charge in [0.2, 0.25) is 0 Å². The largest absolute Gasteiger partial charge is 0.455 e. The summed E-state index contributed by atoms with van der Waals surface area (Å²) in [5, 5.41) is 11.9. The van der Waals surface area contributed by atoms with Gasteiger partial charge < -0.3 is 8.98 Å². The van der Waals surface area contributed by atoms with Crippen LogP contribution in [0.5, 0.6) is 0 Å². The van der Waals surface area contributed by atoms with Gasteiger partial charge in [0.1, 0.15) is 16.9 Å². The molecule has 0 amide bonds. The molecule has 0 aliphatic heterocycles. The Morgan fingerprint density at radius 1 is 0.370 bits per heavy atom. The highest BCUT2D eigenvalue weighted by molar-refractivity contribution is 6.29. The van der Waals surface area contributed by atoms with Crippen molar-refractivity contribution in [3.8, 4) is 28.2 Å². The second-order valence-electron chi connectivity index (χ2n) is 14.1. The fourth-order valence-corrected chi connectivity index (χ4v) is 8.80. The highest BCUT2D eigenvalue weighted by atomic mass is 16.3. The molecule has 0 spiro atoms. The number of rotatable bonds is 3. The zero-order valence-corrected chi connectivity index (χ0v) is 29.0. The van der Waals surface area contributed by atoms with Crippen LogP contribution in [-0.4, -0.2) is 14.5 Å². The van der Waals surface area contributed by atoms with Crippen molar-refractivity contribution in [3.63, 3.8) is 0 Å². The van der Waals surface area contributed by atoms with E-state index >= 15 is 0 Å². The standard InChI is InChI=1S/C50H29N3O/c1-3-14-32-30(12-1)24-27-43-46(32)47-33-15-4-2-13-31(33)25-28-44(47)53(43)42-29-26-37(34-16-5-6-17-35(34)42)48-49(52-41-22-9-8-21-40(41)51-48)39-20-11-19-38-36-18-7-10-23-45(36)54-50(38)39/h1-29H. The van der Waals surface area contributed by atoms with Crippen LogP contribution >= 0.6 is 0 Å². The van der Waals surface area contributed by atoms with Crippen LogP contribution in [0.4, 0.5) is 0 Å². The summed E-state index contributed by atoms with van der Waals surface area (Å²) in [6.45, 7) is 0. The summed E-state index contributed by atoms with van der Waals surface area (Å²) in [6.07, 6.45) is 0. The molecule has 12 aromatic rings. The van der Waals surface area contributed by atoms with E-state index in [0.29, 0.717) is 0 Å². The van der Waals surface area contributed by atoms with Gasteiger partial charge in [-0.1, -0.05) is 127 Å². The summed E-state index contributed by atoms with van der Waals surface area (Å²) in [5.41, 5.74) is 10.4. The van der Waals surface area contributed by atoms with Crippen molar-refractivity contribution >= 4 is 87.1 Å².